The first kappa shape index (κ1) is 24.0. The third-order valence-electron chi connectivity index (χ3n) is 2.74. The van der Waals surface area contributed by atoms with E-state index in [9.17, 15) is 26.4 Å². The van der Waals surface area contributed by atoms with E-state index in [1.54, 1.807) is 18.2 Å². The Morgan fingerprint density at radius 1 is 1.18 bits per heavy atom. The van der Waals surface area contributed by atoms with Crippen LogP contribution in [-0.4, -0.2) is 25.2 Å². The Hall–Kier alpha value is -2.08. The van der Waals surface area contributed by atoms with Crippen LogP contribution < -0.4 is 10.5 Å². The van der Waals surface area contributed by atoms with Gasteiger partial charge in [0, 0.05) is 4.47 Å². The molecule has 6 nitrogen and oxygen atoms in total. The van der Waals surface area contributed by atoms with Crippen LogP contribution in [0.4, 0.5) is 13.2 Å². The fraction of sp³-hybridized carbons (Fsp3) is 0.0625. The van der Waals surface area contributed by atoms with E-state index >= 15 is 0 Å². The number of carbonyl (C=O) groups is 1. The van der Waals surface area contributed by atoms with Crippen LogP contribution in [0.1, 0.15) is 15.9 Å². The molecule has 0 spiro atoms. The largest absolute Gasteiger partial charge is 0.573 e. The molecule has 0 aliphatic carbocycles. The van der Waals surface area contributed by atoms with Crippen molar-refractivity contribution in [3.8, 4) is 5.75 Å². The molecule has 3 N–H and O–H groups in total. The lowest BCUT2D eigenvalue weighted by atomic mass is 10.2. The van der Waals surface area contributed by atoms with Gasteiger partial charge in [0.25, 0.3) is 10.1 Å². The Balaban J connectivity index is 0.000000307. The number of carbonyl (C=O) groups excluding carboxylic acids is 1. The minimum Gasteiger partial charge on any atom is -0.406 e. The van der Waals surface area contributed by atoms with E-state index < -0.39 is 28.1 Å². The average molecular weight is 503 g/mol. The van der Waals surface area contributed by atoms with Gasteiger partial charge in [-0.05, 0) is 42.0 Å². The van der Waals surface area contributed by atoms with Gasteiger partial charge in [-0.1, -0.05) is 39.7 Å². The summed E-state index contributed by atoms with van der Waals surface area (Å²) in [6.07, 6.45) is -3.74. The van der Waals surface area contributed by atoms with Crippen molar-refractivity contribution in [2.75, 3.05) is 0 Å². The van der Waals surface area contributed by atoms with Gasteiger partial charge >= 0.3 is 6.36 Å². The van der Waals surface area contributed by atoms with E-state index in [1.807, 2.05) is 0 Å². The van der Waals surface area contributed by atoms with Crippen LogP contribution in [0.15, 0.2) is 52.3 Å². The number of amides is 1. The fourth-order valence-corrected chi connectivity index (χ4v) is 2.73. The molecule has 2 aromatic carbocycles. The zero-order valence-electron chi connectivity index (χ0n) is 13.7. The van der Waals surface area contributed by atoms with Crippen molar-refractivity contribution < 1.29 is 35.7 Å². The molecule has 12 heteroatoms. The van der Waals surface area contributed by atoms with E-state index in [0.717, 1.165) is 22.7 Å². The van der Waals surface area contributed by atoms with Gasteiger partial charge in [-0.25, -0.2) is 0 Å². The van der Waals surface area contributed by atoms with Crippen molar-refractivity contribution in [2.45, 2.75) is 6.36 Å². The summed E-state index contributed by atoms with van der Waals surface area (Å²) in [6, 6.07) is 9.39. The molecule has 0 radical (unpaired) electrons. The molecule has 2 rings (SSSR count). The lowest BCUT2D eigenvalue weighted by Gasteiger charge is -2.08. The normalized spacial score (nSPS) is 11.6. The van der Waals surface area contributed by atoms with Crippen molar-refractivity contribution in [3.63, 3.8) is 0 Å². The Bertz CT molecular complexity index is 963. The number of rotatable bonds is 4. The summed E-state index contributed by atoms with van der Waals surface area (Å²) < 4.78 is 68.9. The Labute approximate surface area is 171 Å². The predicted molar refractivity (Wildman–Crippen MR) is 101 cm³/mol. The van der Waals surface area contributed by atoms with Crippen molar-refractivity contribution in [2.24, 2.45) is 5.73 Å². The van der Waals surface area contributed by atoms with Crippen LogP contribution in [0.25, 0.3) is 6.08 Å². The number of halogens is 5. The predicted octanol–water partition coefficient (Wildman–Crippen LogP) is 4.65. The van der Waals surface area contributed by atoms with Gasteiger partial charge in [0.05, 0.1) is 16.0 Å². The van der Waals surface area contributed by atoms with Gasteiger partial charge in [0.15, 0.2) is 0 Å². The number of primary amides is 1. The summed E-state index contributed by atoms with van der Waals surface area (Å²) in [6.45, 7) is 0. The minimum atomic E-state index is -4.77. The summed E-state index contributed by atoms with van der Waals surface area (Å²) in [5, 5.41) is 0.888. The van der Waals surface area contributed by atoms with Gasteiger partial charge in [-0.15, -0.1) is 13.2 Å². The number of hydrogen-bond acceptors (Lipinski definition) is 4. The summed E-state index contributed by atoms with van der Waals surface area (Å²) >= 11 is 8.90. The molecule has 0 unspecified atom stereocenters. The topological polar surface area (TPSA) is 107 Å². The molecule has 0 bridgehead atoms. The molecule has 0 saturated heterocycles. The van der Waals surface area contributed by atoms with Crippen LogP contribution >= 0.6 is 27.5 Å². The molecule has 0 aliphatic heterocycles. The molecule has 28 heavy (non-hydrogen) atoms. The second kappa shape index (κ2) is 9.92. The van der Waals surface area contributed by atoms with Gasteiger partial charge < -0.3 is 10.5 Å². The maximum atomic E-state index is 11.8. The molecular formula is C16H12BrClF3NO5S. The molecule has 2 aromatic rings. The van der Waals surface area contributed by atoms with Crippen LogP contribution in [0.2, 0.25) is 5.02 Å². The summed E-state index contributed by atoms with van der Waals surface area (Å²) in [4.78, 5) is 10.7. The molecule has 0 saturated carbocycles. The van der Waals surface area contributed by atoms with Crippen molar-refractivity contribution >= 4 is 49.6 Å². The fourth-order valence-electron chi connectivity index (χ4n) is 1.63. The molecule has 152 valence electrons. The first-order chi connectivity index (χ1) is 12.8. The Morgan fingerprint density at radius 2 is 1.75 bits per heavy atom. The molecule has 0 fully saturated rings. The second-order valence-corrected chi connectivity index (χ2v) is 7.55. The average Bonchev–Trinajstić information content (AvgIpc) is 2.52. The lowest BCUT2D eigenvalue weighted by Crippen LogP contribution is -2.16. The molecule has 0 atom stereocenters. The Morgan fingerprint density at radius 3 is 2.18 bits per heavy atom. The lowest BCUT2D eigenvalue weighted by molar-refractivity contribution is -0.274. The molecule has 0 aliphatic rings. The van der Waals surface area contributed by atoms with Crippen LogP contribution in [0.3, 0.4) is 0 Å². The van der Waals surface area contributed by atoms with Gasteiger partial charge in [0.2, 0.25) is 5.91 Å². The van der Waals surface area contributed by atoms with Crippen molar-refractivity contribution in [1.29, 1.82) is 0 Å². The van der Waals surface area contributed by atoms with E-state index in [1.165, 1.54) is 12.1 Å². The third-order valence-corrected chi connectivity index (χ3v) is 4.03. The highest BCUT2D eigenvalue weighted by molar-refractivity contribution is 9.10. The SMILES string of the molecule is NC(=O)c1ccc(Br)cc1Cl.O=S(=O)(O)/C=C/c1ccc(OC(F)(F)F)cc1. The van der Waals surface area contributed by atoms with E-state index in [0.29, 0.717) is 21.6 Å². The number of alkyl halides is 3. The van der Waals surface area contributed by atoms with Crippen LogP contribution in [0, 0.1) is 0 Å². The van der Waals surface area contributed by atoms with Crippen molar-refractivity contribution in [3.05, 3.63) is 68.5 Å². The zero-order valence-corrected chi connectivity index (χ0v) is 16.8. The van der Waals surface area contributed by atoms with Crippen LogP contribution in [0.5, 0.6) is 5.75 Å². The highest BCUT2D eigenvalue weighted by Gasteiger charge is 2.30. The number of benzene rings is 2. The first-order valence-corrected chi connectivity index (χ1v) is 9.70. The standard InChI is InChI=1S/C9H7F3O4S.C7H5BrClNO/c10-9(11,12)16-8-3-1-7(2-4-8)5-6-17(13,14)15;8-4-1-2-5(7(10)11)6(9)3-4/h1-6H,(H,13,14,15);1-3H,(H2,10,11)/b6-5+;. The number of ether oxygens (including phenoxy) is 1. The monoisotopic (exact) mass is 501 g/mol. The first-order valence-electron chi connectivity index (χ1n) is 7.03. The summed E-state index contributed by atoms with van der Waals surface area (Å²) in [7, 11) is -4.25. The quantitative estimate of drug-likeness (QED) is 0.592. The zero-order chi connectivity index (χ0) is 21.5. The van der Waals surface area contributed by atoms with Gasteiger partial charge in [0.1, 0.15) is 5.75 Å². The van der Waals surface area contributed by atoms with Gasteiger partial charge in [-0.2, -0.15) is 8.42 Å². The highest BCUT2D eigenvalue weighted by Crippen LogP contribution is 2.23. The number of hydrogen-bond donors (Lipinski definition) is 2. The summed E-state index contributed by atoms with van der Waals surface area (Å²) in [5.41, 5.74) is 5.67. The molecule has 0 heterocycles. The Kier molecular flexibility index (Phi) is 8.48. The molecule has 1 amide bonds. The molecule has 0 aromatic heterocycles. The number of nitrogens with two attached hydrogens (primary N) is 1. The molecular weight excluding hydrogens is 491 g/mol. The third kappa shape index (κ3) is 9.74. The second-order valence-electron chi connectivity index (χ2n) is 4.92. The van der Waals surface area contributed by atoms with Gasteiger partial charge in [-0.3, -0.25) is 9.35 Å². The highest BCUT2D eigenvalue weighted by atomic mass is 79.9. The maximum absolute atomic E-state index is 11.8. The van der Waals surface area contributed by atoms with Crippen LogP contribution in [-0.2, 0) is 10.1 Å². The smallest absolute Gasteiger partial charge is 0.406 e. The van der Waals surface area contributed by atoms with Crippen molar-refractivity contribution in [1.82, 2.24) is 0 Å². The van der Waals surface area contributed by atoms with E-state index in [4.69, 9.17) is 21.9 Å². The maximum Gasteiger partial charge on any atom is 0.573 e. The van der Waals surface area contributed by atoms with E-state index in [-0.39, 0.29) is 0 Å². The minimum absolute atomic E-state index is 0.303. The summed E-state index contributed by atoms with van der Waals surface area (Å²) in [5.74, 6) is -0.927. The van der Waals surface area contributed by atoms with E-state index in [2.05, 4.69) is 20.7 Å².